The van der Waals surface area contributed by atoms with Gasteiger partial charge < -0.3 is 10.6 Å². The Morgan fingerprint density at radius 2 is 1.88 bits per heavy atom. The maximum absolute atomic E-state index is 13.3. The van der Waals surface area contributed by atoms with Crippen LogP contribution in [0.5, 0.6) is 0 Å². The van der Waals surface area contributed by atoms with Gasteiger partial charge in [-0.25, -0.2) is 9.18 Å². The largest absolute Gasteiger partial charge is 0.331 e. The van der Waals surface area contributed by atoms with Crippen molar-refractivity contribution in [1.82, 2.24) is 10.2 Å². The number of rotatable bonds is 7. The standard InChI is InChI=1S/C26H30FN5O/c27-21-9-7-19(8-10-21)16-23-6-2-15-32(23)18-26(11-3-12-26)31-25(33)30-22-5-1-4-20(17-22)24-28-13-14-29-24/h1,4-5,7-10,13-14,17,23-24H,2-3,6,11-12,15-16,18H2,(H2,30,31,33). The Bertz CT molecular complexity index is 1030. The maximum Gasteiger partial charge on any atom is 0.319 e. The van der Waals surface area contributed by atoms with Crippen molar-refractivity contribution in [2.24, 2.45) is 9.98 Å². The van der Waals surface area contributed by atoms with Crippen molar-refractivity contribution in [2.75, 3.05) is 18.4 Å². The summed E-state index contributed by atoms with van der Waals surface area (Å²) in [6.45, 7) is 1.90. The first-order valence-electron chi connectivity index (χ1n) is 11.8. The quantitative estimate of drug-likeness (QED) is 0.644. The summed E-state index contributed by atoms with van der Waals surface area (Å²) in [7, 11) is 0. The molecule has 2 aromatic rings. The van der Waals surface area contributed by atoms with Gasteiger partial charge in [0.1, 0.15) is 5.82 Å². The lowest BCUT2D eigenvalue weighted by Crippen LogP contribution is -2.61. The van der Waals surface area contributed by atoms with Gasteiger partial charge in [0, 0.05) is 36.3 Å². The Kier molecular flexibility index (Phi) is 6.22. The smallest absolute Gasteiger partial charge is 0.319 e. The van der Waals surface area contributed by atoms with Gasteiger partial charge in [-0.05, 0) is 74.9 Å². The van der Waals surface area contributed by atoms with Crippen LogP contribution in [0.1, 0.15) is 49.4 Å². The summed E-state index contributed by atoms with van der Waals surface area (Å²) in [6, 6.07) is 14.8. The van der Waals surface area contributed by atoms with E-state index in [0.717, 1.165) is 68.4 Å². The zero-order valence-electron chi connectivity index (χ0n) is 18.7. The number of aliphatic imine (C=N–C) groups is 2. The first kappa shape index (κ1) is 21.8. The van der Waals surface area contributed by atoms with Gasteiger partial charge in [-0.1, -0.05) is 24.3 Å². The molecule has 2 aliphatic heterocycles. The van der Waals surface area contributed by atoms with Gasteiger partial charge in [0.25, 0.3) is 0 Å². The number of benzene rings is 2. The normalized spacial score (nSPS) is 21.8. The van der Waals surface area contributed by atoms with E-state index < -0.39 is 0 Å². The number of amides is 2. The highest BCUT2D eigenvalue weighted by Gasteiger charge is 2.42. The summed E-state index contributed by atoms with van der Waals surface area (Å²) >= 11 is 0. The first-order chi connectivity index (χ1) is 16.1. The summed E-state index contributed by atoms with van der Waals surface area (Å²) in [5.41, 5.74) is 2.68. The predicted molar refractivity (Wildman–Crippen MR) is 130 cm³/mol. The Hall–Kier alpha value is -3.06. The minimum atomic E-state index is -0.221. The number of halogens is 1. The van der Waals surface area contributed by atoms with Crippen LogP contribution in [0.15, 0.2) is 58.5 Å². The number of nitrogens with one attached hydrogen (secondary N) is 2. The highest BCUT2D eigenvalue weighted by Crippen LogP contribution is 2.35. The third kappa shape index (κ3) is 5.14. The van der Waals surface area contributed by atoms with E-state index in [4.69, 9.17) is 0 Å². The van der Waals surface area contributed by atoms with Gasteiger partial charge in [0.15, 0.2) is 6.17 Å². The topological polar surface area (TPSA) is 69.1 Å². The molecule has 0 radical (unpaired) electrons. The highest BCUT2D eigenvalue weighted by molar-refractivity contribution is 6.17. The molecule has 0 bridgehead atoms. The summed E-state index contributed by atoms with van der Waals surface area (Å²) in [5.74, 6) is -0.195. The van der Waals surface area contributed by atoms with Crippen molar-refractivity contribution < 1.29 is 9.18 Å². The van der Waals surface area contributed by atoms with E-state index in [0.29, 0.717) is 6.04 Å². The molecule has 5 rings (SSSR count). The SMILES string of the molecule is O=C(Nc1cccc(C2N=CC=N2)c1)NC1(CN2CCCC2Cc2ccc(F)cc2)CCC1. The second kappa shape index (κ2) is 9.43. The minimum Gasteiger partial charge on any atom is -0.331 e. The first-order valence-corrected chi connectivity index (χ1v) is 11.8. The molecule has 3 aliphatic rings. The van der Waals surface area contributed by atoms with E-state index in [-0.39, 0.29) is 23.6 Å². The average Bonchev–Trinajstić information content (AvgIpc) is 3.47. The van der Waals surface area contributed by atoms with Crippen LogP contribution in [-0.4, -0.2) is 48.0 Å². The lowest BCUT2D eigenvalue weighted by Gasteiger charge is -2.46. The van der Waals surface area contributed by atoms with Gasteiger partial charge in [-0.2, -0.15) is 0 Å². The molecule has 1 saturated heterocycles. The van der Waals surface area contributed by atoms with Crippen LogP contribution in [0.3, 0.4) is 0 Å². The lowest BCUT2D eigenvalue weighted by molar-refractivity contribution is 0.109. The number of carbonyl (C=O) groups excluding carboxylic acids is 1. The van der Waals surface area contributed by atoms with E-state index in [1.54, 1.807) is 12.4 Å². The summed E-state index contributed by atoms with van der Waals surface area (Å²) in [6.07, 6.45) is 9.49. The van der Waals surface area contributed by atoms with E-state index in [2.05, 4.69) is 25.5 Å². The van der Waals surface area contributed by atoms with Crippen molar-refractivity contribution in [3.63, 3.8) is 0 Å². The van der Waals surface area contributed by atoms with Crippen molar-refractivity contribution >= 4 is 24.1 Å². The van der Waals surface area contributed by atoms with E-state index >= 15 is 0 Å². The molecule has 6 nitrogen and oxygen atoms in total. The highest BCUT2D eigenvalue weighted by atomic mass is 19.1. The van der Waals surface area contributed by atoms with Crippen LogP contribution in [0.4, 0.5) is 14.9 Å². The van der Waals surface area contributed by atoms with Crippen molar-refractivity contribution in [3.05, 3.63) is 65.5 Å². The number of nitrogens with zero attached hydrogens (tertiary/aromatic N) is 3. The summed E-state index contributed by atoms with van der Waals surface area (Å²) in [4.78, 5) is 24.0. The van der Waals surface area contributed by atoms with Crippen LogP contribution in [0.25, 0.3) is 0 Å². The van der Waals surface area contributed by atoms with E-state index in [1.807, 2.05) is 36.4 Å². The van der Waals surface area contributed by atoms with Gasteiger partial charge in [-0.15, -0.1) is 0 Å². The number of hydrogen-bond donors (Lipinski definition) is 2. The van der Waals surface area contributed by atoms with Gasteiger partial charge in [0.05, 0.1) is 5.54 Å². The van der Waals surface area contributed by atoms with E-state index in [1.165, 1.54) is 12.1 Å². The molecule has 2 N–H and O–H groups in total. The van der Waals surface area contributed by atoms with Gasteiger partial charge in [-0.3, -0.25) is 14.9 Å². The number of hydrogen-bond acceptors (Lipinski definition) is 4. The van der Waals surface area contributed by atoms with Crippen LogP contribution < -0.4 is 10.6 Å². The molecule has 1 atom stereocenters. The molecule has 172 valence electrons. The Labute approximate surface area is 194 Å². The molecule has 1 unspecified atom stereocenters. The fourth-order valence-electron chi connectivity index (χ4n) is 5.17. The van der Waals surface area contributed by atoms with Crippen LogP contribution in [0.2, 0.25) is 0 Å². The number of anilines is 1. The molecule has 2 fully saturated rings. The molecule has 2 amide bonds. The van der Waals surface area contributed by atoms with Crippen molar-refractivity contribution in [2.45, 2.75) is 56.3 Å². The fraction of sp³-hybridized carbons (Fsp3) is 0.423. The fourth-order valence-corrected chi connectivity index (χ4v) is 5.17. The van der Waals surface area contributed by atoms with Gasteiger partial charge >= 0.3 is 6.03 Å². The molecular weight excluding hydrogens is 417 g/mol. The van der Waals surface area contributed by atoms with Gasteiger partial charge in [0.2, 0.25) is 0 Å². The molecular formula is C26H30FN5O. The molecule has 0 spiro atoms. The molecule has 0 aromatic heterocycles. The minimum absolute atomic E-state index is 0.167. The zero-order chi connectivity index (χ0) is 22.7. The van der Waals surface area contributed by atoms with Crippen molar-refractivity contribution in [1.29, 1.82) is 0 Å². The summed E-state index contributed by atoms with van der Waals surface area (Å²) < 4.78 is 13.3. The predicted octanol–water partition coefficient (Wildman–Crippen LogP) is 4.73. The van der Waals surface area contributed by atoms with Crippen LogP contribution >= 0.6 is 0 Å². The Balaban J connectivity index is 1.20. The second-order valence-electron chi connectivity index (χ2n) is 9.41. The summed E-state index contributed by atoms with van der Waals surface area (Å²) in [5, 5.41) is 6.29. The molecule has 2 aromatic carbocycles. The second-order valence-corrected chi connectivity index (χ2v) is 9.41. The Morgan fingerprint density at radius 3 is 2.61 bits per heavy atom. The molecule has 7 heteroatoms. The van der Waals surface area contributed by atoms with Crippen molar-refractivity contribution in [3.8, 4) is 0 Å². The molecule has 2 heterocycles. The monoisotopic (exact) mass is 447 g/mol. The Morgan fingerprint density at radius 1 is 1.09 bits per heavy atom. The molecule has 1 aliphatic carbocycles. The number of urea groups is 1. The molecule has 33 heavy (non-hydrogen) atoms. The van der Waals surface area contributed by atoms with Crippen LogP contribution in [-0.2, 0) is 6.42 Å². The molecule has 1 saturated carbocycles. The lowest BCUT2D eigenvalue weighted by atomic mass is 9.76. The average molecular weight is 448 g/mol. The number of carbonyl (C=O) groups is 1. The zero-order valence-corrected chi connectivity index (χ0v) is 18.7. The van der Waals surface area contributed by atoms with E-state index in [9.17, 15) is 9.18 Å². The number of likely N-dealkylation sites (tertiary alicyclic amines) is 1. The maximum atomic E-state index is 13.3. The third-order valence-electron chi connectivity index (χ3n) is 7.04. The third-order valence-corrected chi connectivity index (χ3v) is 7.04. The van der Waals surface area contributed by atoms with Crippen LogP contribution in [0, 0.1) is 5.82 Å².